The Labute approximate surface area is 126 Å². The molecule has 0 radical (unpaired) electrons. The number of piperidine rings is 3. The molecule has 3 aliphatic rings. The molecule has 0 aliphatic carbocycles. The highest BCUT2D eigenvalue weighted by molar-refractivity contribution is 5.14. The quantitative estimate of drug-likeness (QED) is 0.720. The fraction of sp³-hybridized carbons (Fsp3) is 0.625. The number of quaternary nitrogens is 1. The number of hydrogen-bond acceptors (Lipinski definition) is 1. The van der Waals surface area contributed by atoms with E-state index in [0.29, 0.717) is 5.92 Å². The summed E-state index contributed by atoms with van der Waals surface area (Å²) < 4.78 is 1.19. The highest BCUT2D eigenvalue weighted by atomic mass is 79.9. The fourth-order valence-corrected chi connectivity index (χ4v) is 3.83. The zero-order chi connectivity index (χ0) is 12.4. The summed E-state index contributed by atoms with van der Waals surface area (Å²) in [6.45, 7) is 4.87. The molecule has 3 aliphatic heterocycles. The number of halogens is 1. The monoisotopic (exact) mass is 325 g/mol. The summed E-state index contributed by atoms with van der Waals surface area (Å²) in [6, 6.07) is 10.8. The summed E-state index contributed by atoms with van der Waals surface area (Å²) in [5.41, 5.74) is 1.45. The topological polar surface area (TPSA) is 20.2 Å². The van der Waals surface area contributed by atoms with E-state index in [1.54, 1.807) is 0 Å². The molecule has 0 unspecified atom stereocenters. The Kier molecular flexibility index (Phi) is 5.04. The van der Waals surface area contributed by atoms with Gasteiger partial charge in [0.1, 0.15) is 12.6 Å². The third-order valence-electron chi connectivity index (χ3n) is 5.01. The van der Waals surface area contributed by atoms with Crippen LogP contribution in [0.4, 0.5) is 0 Å². The smallest absolute Gasteiger partial charge is 0.106 e. The normalized spacial score (nSPS) is 32.9. The molecule has 1 atom stereocenters. The Morgan fingerprint density at radius 3 is 2.42 bits per heavy atom. The molecular formula is C16H24BrNO. The summed E-state index contributed by atoms with van der Waals surface area (Å²) in [5, 5.41) is 10.1. The first-order chi connectivity index (χ1) is 8.77. The van der Waals surface area contributed by atoms with Gasteiger partial charge in [-0.25, -0.2) is 0 Å². The van der Waals surface area contributed by atoms with E-state index in [9.17, 15) is 5.11 Å². The van der Waals surface area contributed by atoms with Crippen LogP contribution in [-0.2, 0) is 6.42 Å². The molecule has 1 aromatic rings. The number of aliphatic hydroxyl groups is 1. The summed E-state index contributed by atoms with van der Waals surface area (Å²) in [5.74, 6) is 0.610. The first-order valence-corrected chi connectivity index (χ1v) is 7.35. The van der Waals surface area contributed by atoms with E-state index >= 15 is 0 Å². The molecule has 3 saturated heterocycles. The van der Waals surface area contributed by atoms with Gasteiger partial charge in [-0.3, -0.25) is 0 Å². The Balaban J connectivity index is 0.00000133. The van der Waals surface area contributed by atoms with E-state index in [1.807, 2.05) is 0 Å². The van der Waals surface area contributed by atoms with Gasteiger partial charge in [-0.05, 0) is 12.0 Å². The minimum atomic E-state index is -0.0239. The van der Waals surface area contributed by atoms with Crippen molar-refractivity contribution in [3.05, 3.63) is 35.9 Å². The molecule has 2 bridgehead atoms. The lowest BCUT2D eigenvalue weighted by Crippen LogP contribution is -3.00. The summed E-state index contributed by atoms with van der Waals surface area (Å²) in [7, 11) is 0. The van der Waals surface area contributed by atoms with Crippen molar-refractivity contribution in [2.45, 2.75) is 31.8 Å². The van der Waals surface area contributed by atoms with Crippen LogP contribution in [0, 0.1) is 5.92 Å². The number of hydrogen-bond donors (Lipinski definition) is 1. The van der Waals surface area contributed by atoms with E-state index in [0.717, 1.165) is 6.54 Å². The Morgan fingerprint density at radius 1 is 1.11 bits per heavy atom. The van der Waals surface area contributed by atoms with Gasteiger partial charge in [0.05, 0.1) is 19.6 Å². The van der Waals surface area contributed by atoms with Crippen molar-refractivity contribution in [2.24, 2.45) is 5.92 Å². The molecule has 1 aromatic carbocycles. The van der Waals surface area contributed by atoms with Gasteiger partial charge in [-0.15, -0.1) is 0 Å². The van der Waals surface area contributed by atoms with Crippen molar-refractivity contribution in [1.29, 1.82) is 0 Å². The van der Waals surface area contributed by atoms with Gasteiger partial charge in [0.2, 0.25) is 0 Å². The lowest BCUT2D eigenvalue weighted by Gasteiger charge is -2.51. The molecular weight excluding hydrogens is 302 g/mol. The first-order valence-electron chi connectivity index (χ1n) is 7.35. The van der Waals surface area contributed by atoms with Gasteiger partial charge in [-0.2, -0.15) is 0 Å². The van der Waals surface area contributed by atoms with Gasteiger partial charge in [0.25, 0.3) is 0 Å². The minimum Gasteiger partial charge on any atom is -1.00 e. The molecule has 3 fully saturated rings. The second-order valence-corrected chi connectivity index (χ2v) is 6.19. The largest absolute Gasteiger partial charge is 1.00 e. The van der Waals surface area contributed by atoms with Crippen molar-refractivity contribution in [1.82, 2.24) is 0 Å². The Hall–Kier alpha value is -0.380. The van der Waals surface area contributed by atoms with Crippen LogP contribution in [0.15, 0.2) is 30.3 Å². The zero-order valence-electron chi connectivity index (χ0n) is 11.5. The first kappa shape index (κ1) is 15.0. The maximum absolute atomic E-state index is 10.1. The third kappa shape index (κ3) is 3.39. The Morgan fingerprint density at radius 2 is 1.79 bits per heavy atom. The molecule has 1 N–H and O–H groups in total. The lowest BCUT2D eigenvalue weighted by atomic mass is 9.83. The second kappa shape index (κ2) is 6.38. The van der Waals surface area contributed by atoms with Crippen LogP contribution >= 0.6 is 0 Å². The average molecular weight is 326 g/mol. The molecule has 0 saturated carbocycles. The summed E-state index contributed by atoms with van der Waals surface area (Å²) in [4.78, 5) is 0. The average Bonchev–Trinajstić information content (AvgIpc) is 2.41. The van der Waals surface area contributed by atoms with Crippen LogP contribution < -0.4 is 17.0 Å². The summed E-state index contributed by atoms with van der Waals surface area (Å²) in [6.07, 6.45) is 4.89. The molecule has 0 aromatic heterocycles. The van der Waals surface area contributed by atoms with E-state index in [2.05, 4.69) is 30.3 Å². The number of benzene rings is 1. The third-order valence-corrected chi connectivity index (χ3v) is 5.01. The molecule has 4 rings (SSSR count). The number of nitrogens with zero attached hydrogens (tertiary/aromatic N) is 1. The predicted molar refractivity (Wildman–Crippen MR) is 73.2 cm³/mol. The van der Waals surface area contributed by atoms with Gasteiger partial charge in [0, 0.05) is 25.2 Å². The SMILES string of the molecule is O[C@H]1C[N+]2(CCCc3ccccc3)CCC1CC2.[Br-]. The van der Waals surface area contributed by atoms with Crippen molar-refractivity contribution in [3.8, 4) is 0 Å². The Bertz CT molecular complexity index is 387. The van der Waals surface area contributed by atoms with Crippen molar-refractivity contribution < 1.29 is 26.6 Å². The molecule has 0 amide bonds. The fourth-order valence-electron chi connectivity index (χ4n) is 3.83. The van der Waals surface area contributed by atoms with E-state index in [-0.39, 0.29) is 23.1 Å². The molecule has 3 heterocycles. The molecule has 3 heteroatoms. The maximum atomic E-state index is 10.1. The van der Waals surface area contributed by atoms with Crippen molar-refractivity contribution in [2.75, 3.05) is 26.2 Å². The second-order valence-electron chi connectivity index (χ2n) is 6.19. The van der Waals surface area contributed by atoms with Crippen LogP contribution in [0.5, 0.6) is 0 Å². The lowest BCUT2D eigenvalue weighted by molar-refractivity contribution is -0.946. The van der Waals surface area contributed by atoms with Gasteiger partial charge in [-0.1, -0.05) is 30.3 Å². The van der Waals surface area contributed by atoms with Crippen molar-refractivity contribution in [3.63, 3.8) is 0 Å². The summed E-state index contributed by atoms with van der Waals surface area (Å²) >= 11 is 0. The predicted octanol–water partition coefficient (Wildman–Crippen LogP) is -0.775. The van der Waals surface area contributed by atoms with E-state index < -0.39 is 0 Å². The molecule has 0 spiro atoms. The number of aliphatic hydroxyl groups excluding tert-OH is 1. The molecule has 19 heavy (non-hydrogen) atoms. The minimum absolute atomic E-state index is 0. The van der Waals surface area contributed by atoms with E-state index in [1.165, 1.54) is 55.4 Å². The number of aryl methyl sites for hydroxylation is 1. The zero-order valence-corrected chi connectivity index (χ0v) is 13.1. The number of rotatable bonds is 4. The van der Waals surface area contributed by atoms with Gasteiger partial charge < -0.3 is 26.6 Å². The van der Waals surface area contributed by atoms with Crippen LogP contribution in [0.1, 0.15) is 24.8 Å². The maximum Gasteiger partial charge on any atom is 0.106 e. The van der Waals surface area contributed by atoms with Gasteiger partial charge >= 0.3 is 0 Å². The highest BCUT2D eigenvalue weighted by Crippen LogP contribution is 2.34. The van der Waals surface area contributed by atoms with Crippen LogP contribution in [0.25, 0.3) is 0 Å². The van der Waals surface area contributed by atoms with Crippen LogP contribution in [-0.4, -0.2) is 41.9 Å². The molecule has 106 valence electrons. The van der Waals surface area contributed by atoms with Crippen LogP contribution in [0.3, 0.4) is 0 Å². The number of fused-ring (bicyclic) bond motifs is 3. The van der Waals surface area contributed by atoms with Gasteiger partial charge in [0.15, 0.2) is 0 Å². The van der Waals surface area contributed by atoms with Crippen LogP contribution in [0.2, 0.25) is 0 Å². The standard InChI is InChI=1S/C16H24NO.BrH/c18-16-13-17(11-8-15(16)9-12-17)10-4-7-14-5-2-1-3-6-14;/h1-3,5-6,15-16,18H,4,7-13H2;1H/q+1;/p-1/t15?,16-,17?;/m0./s1. The molecule has 2 nitrogen and oxygen atoms in total. The van der Waals surface area contributed by atoms with E-state index in [4.69, 9.17) is 0 Å². The highest BCUT2D eigenvalue weighted by Gasteiger charge is 2.44. The van der Waals surface area contributed by atoms with Crippen molar-refractivity contribution >= 4 is 0 Å².